The van der Waals surface area contributed by atoms with Gasteiger partial charge in [-0.2, -0.15) is 0 Å². The van der Waals surface area contributed by atoms with E-state index in [4.69, 9.17) is 0 Å². The van der Waals surface area contributed by atoms with Crippen molar-refractivity contribution < 1.29 is 4.92 Å². The number of non-ortho nitro benzene ring substituents is 1. The molecule has 0 fully saturated rings. The second-order valence-corrected chi connectivity index (χ2v) is 4.58. The van der Waals surface area contributed by atoms with E-state index in [1.54, 1.807) is 18.3 Å². The number of H-pyrrole nitrogens is 1. The highest BCUT2D eigenvalue weighted by Gasteiger charge is 2.07. The molecular weight excluding hydrogens is 244 g/mol. The Kier molecular flexibility index (Phi) is 3.91. The molecule has 0 spiro atoms. The zero-order chi connectivity index (χ0) is 13.8. The molecule has 0 unspecified atom stereocenters. The van der Waals surface area contributed by atoms with Gasteiger partial charge in [-0.1, -0.05) is 13.8 Å². The normalized spacial score (nSPS) is 10.9. The lowest BCUT2D eigenvalue weighted by Crippen LogP contribution is -2.22. The Hall–Kier alpha value is -2.21. The maximum atomic E-state index is 10.6. The number of imidazole rings is 1. The first-order chi connectivity index (χ1) is 9.06. The first-order valence-electron chi connectivity index (χ1n) is 6.08. The molecule has 0 saturated carbocycles. The second-order valence-electron chi connectivity index (χ2n) is 4.58. The van der Waals surface area contributed by atoms with Crippen molar-refractivity contribution in [2.75, 3.05) is 0 Å². The number of benzene rings is 1. The van der Waals surface area contributed by atoms with E-state index in [0.717, 1.165) is 17.1 Å². The number of nitro benzene ring substituents is 1. The Bertz CT molecular complexity index is 560. The number of hydrogen-bond donors (Lipinski definition) is 2. The predicted molar refractivity (Wildman–Crippen MR) is 72.7 cm³/mol. The molecule has 1 aromatic heterocycles. The Balaban J connectivity index is 2.11. The predicted octanol–water partition coefficient (Wildman–Crippen LogP) is 2.48. The van der Waals surface area contributed by atoms with Crippen molar-refractivity contribution in [3.05, 3.63) is 46.4 Å². The smallest absolute Gasteiger partial charge is 0.269 e. The standard InChI is InChI=1S/C13H16N4O2/c1-9(2)14-8-13-15-7-12(16-13)10-3-5-11(6-4-10)17(18)19/h3-7,9,14H,8H2,1-2H3,(H,15,16). The quantitative estimate of drug-likeness (QED) is 0.639. The Morgan fingerprint density at radius 2 is 2.05 bits per heavy atom. The van der Waals surface area contributed by atoms with Crippen LogP contribution in [0.25, 0.3) is 11.3 Å². The van der Waals surface area contributed by atoms with Crippen molar-refractivity contribution in [3.8, 4) is 11.3 Å². The molecule has 1 aromatic carbocycles. The van der Waals surface area contributed by atoms with Crippen LogP contribution in [0.1, 0.15) is 19.7 Å². The molecule has 6 nitrogen and oxygen atoms in total. The summed E-state index contributed by atoms with van der Waals surface area (Å²) in [6, 6.07) is 6.80. The van der Waals surface area contributed by atoms with Crippen molar-refractivity contribution in [2.45, 2.75) is 26.4 Å². The van der Waals surface area contributed by atoms with Crippen LogP contribution in [0.5, 0.6) is 0 Å². The number of nitrogens with one attached hydrogen (secondary N) is 2. The van der Waals surface area contributed by atoms with Crippen LogP contribution in [0.3, 0.4) is 0 Å². The van der Waals surface area contributed by atoms with Gasteiger partial charge in [0, 0.05) is 23.7 Å². The number of nitro groups is 1. The molecular formula is C13H16N4O2. The fourth-order valence-corrected chi connectivity index (χ4v) is 1.66. The molecule has 0 bridgehead atoms. The van der Waals surface area contributed by atoms with Crippen LogP contribution in [0.4, 0.5) is 5.69 Å². The van der Waals surface area contributed by atoms with Crippen LogP contribution < -0.4 is 5.32 Å². The van der Waals surface area contributed by atoms with Crippen molar-refractivity contribution in [3.63, 3.8) is 0 Å². The molecule has 0 amide bonds. The Labute approximate surface area is 111 Å². The highest BCUT2D eigenvalue weighted by molar-refractivity contribution is 5.60. The minimum Gasteiger partial charge on any atom is -0.341 e. The topological polar surface area (TPSA) is 83.8 Å². The summed E-state index contributed by atoms with van der Waals surface area (Å²) in [5.41, 5.74) is 1.83. The van der Waals surface area contributed by atoms with Crippen LogP contribution in [-0.2, 0) is 6.54 Å². The summed E-state index contributed by atoms with van der Waals surface area (Å²) in [4.78, 5) is 17.6. The molecule has 2 aromatic rings. The number of nitrogens with zero attached hydrogens (tertiary/aromatic N) is 2. The molecule has 2 rings (SSSR count). The van der Waals surface area contributed by atoms with Crippen LogP contribution in [0, 0.1) is 10.1 Å². The first kappa shape index (κ1) is 13.2. The number of aromatic nitrogens is 2. The van der Waals surface area contributed by atoms with Crippen LogP contribution in [-0.4, -0.2) is 20.9 Å². The van der Waals surface area contributed by atoms with E-state index in [1.807, 2.05) is 0 Å². The molecule has 0 atom stereocenters. The van der Waals surface area contributed by atoms with E-state index in [-0.39, 0.29) is 5.69 Å². The lowest BCUT2D eigenvalue weighted by atomic mass is 10.1. The van der Waals surface area contributed by atoms with E-state index in [2.05, 4.69) is 29.1 Å². The van der Waals surface area contributed by atoms with Crippen LogP contribution in [0.2, 0.25) is 0 Å². The van der Waals surface area contributed by atoms with Gasteiger partial charge in [-0.05, 0) is 12.1 Å². The van der Waals surface area contributed by atoms with Gasteiger partial charge in [-0.3, -0.25) is 10.1 Å². The van der Waals surface area contributed by atoms with Crippen molar-refractivity contribution in [1.82, 2.24) is 15.3 Å². The minimum atomic E-state index is -0.408. The van der Waals surface area contributed by atoms with Crippen LogP contribution in [0.15, 0.2) is 30.5 Å². The fourth-order valence-electron chi connectivity index (χ4n) is 1.66. The van der Waals surface area contributed by atoms with Gasteiger partial charge in [0.25, 0.3) is 5.69 Å². The van der Waals surface area contributed by atoms with E-state index in [0.29, 0.717) is 12.6 Å². The summed E-state index contributed by atoms with van der Waals surface area (Å²) < 4.78 is 0. The molecule has 100 valence electrons. The highest BCUT2D eigenvalue weighted by Crippen LogP contribution is 2.20. The van der Waals surface area contributed by atoms with Gasteiger partial charge >= 0.3 is 0 Å². The van der Waals surface area contributed by atoms with Gasteiger partial charge in [-0.25, -0.2) is 4.98 Å². The fraction of sp³-hybridized carbons (Fsp3) is 0.308. The maximum absolute atomic E-state index is 10.6. The summed E-state index contributed by atoms with van der Waals surface area (Å²) in [5, 5.41) is 13.8. The molecule has 6 heteroatoms. The summed E-state index contributed by atoms with van der Waals surface area (Å²) >= 11 is 0. The third kappa shape index (κ3) is 3.38. The van der Waals surface area contributed by atoms with E-state index in [1.165, 1.54) is 12.1 Å². The highest BCUT2D eigenvalue weighted by atomic mass is 16.6. The monoisotopic (exact) mass is 260 g/mol. The summed E-state index contributed by atoms with van der Waals surface area (Å²) in [5.74, 6) is 0.849. The van der Waals surface area contributed by atoms with E-state index >= 15 is 0 Å². The van der Waals surface area contributed by atoms with Crippen molar-refractivity contribution in [2.24, 2.45) is 0 Å². The van der Waals surface area contributed by atoms with Gasteiger partial charge in [0.15, 0.2) is 0 Å². The molecule has 0 saturated heterocycles. The lowest BCUT2D eigenvalue weighted by molar-refractivity contribution is -0.384. The van der Waals surface area contributed by atoms with Gasteiger partial charge in [-0.15, -0.1) is 0 Å². The van der Waals surface area contributed by atoms with Crippen LogP contribution >= 0.6 is 0 Å². The molecule has 0 aliphatic heterocycles. The Morgan fingerprint density at radius 1 is 1.37 bits per heavy atom. The summed E-state index contributed by atoms with van der Waals surface area (Å²) in [6.45, 7) is 4.81. The molecule has 0 aliphatic carbocycles. The molecule has 2 N–H and O–H groups in total. The van der Waals surface area contributed by atoms with Gasteiger partial charge < -0.3 is 10.3 Å². The number of rotatable bonds is 5. The van der Waals surface area contributed by atoms with Gasteiger partial charge in [0.1, 0.15) is 5.82 Å². The van der Waals surface area contributed by atoms with E-state index < -0.39 is 4.92 Å². The lowest BCUT2D eigenvalue weighted by Gasteiger charge is -2.04. The average Bonchev–Trinajstić information content (AvgIpc) is 2.85. The SMILES string of the molecule is CC(C)NCc1ncc(-c2ccc([N+](=O)[O-])cc2)[nH]1. The van der Waals surface area contributed by atoms with Gasteiger partial charge in [0.2, 0.25) is 0 Å². The number of aromatic amines is 1. The van der Waals surface area contributed by atoms with Crippen molar-refractivity contribution >= 4 is 5.69 Å². The molecule has 0 aliphatic rings. The third-order valence-corrected chi connectivity index (χ3v) is 2.70. The minimum absolute atomic E-state index is 0.0879. The maximum Gasteiger partial charge on any atom is 0.269 e. The zero-order valence-corrected chi connectivity index (χ0v) is 10.9. The third-order valence-electron chi connectivity index (χ3n) is 2.70. The number of hydrogen-bond acceptors (Lipinski definition) is 4. The Morgan fingerprint density at radius 3 is 2.63 bits per heavy atom. The molecule has 0 radical (unpaired) electrons. The molecule has 1 heterocycles. The zero-order valence-electron chi connectivity index (χ0n) is 10.9. The summed E-state index contributed by atoms with van der Waals surface area (Å²) in [7, 11) is 0. The second kappa shape index (κ2) is 5.62. The molecule has 19 heavy (non-hydrogen) atoms. The largest absolute Gasteiger partial charge is 0.341 e. The van der Waals surface area contributed by atoms with Crippen molar-refractivity contribution in [1.29, 1.82) is 0 Å². The average molecular weight is 260 g/mol. The summed E-state index contributed by atoms with van der Waals surface area (Å²) in [6.07, 6.45) is 1.73. The van der Waals surface area contributed by atoms with E-state index in [9.17, 15) is 10.1 Å². The van der Waals surface area contributed by atoms with Gasteiger partial charge in [0.05, 0.1) is 23.4 Å². The first-order valence-corrected chi connectivity index (χ1v) is 6.08.